The van der Waals surface area contributed by atoms with Gasteiger partial charge >= 0.3 is 0 Å². The average Bonchev–Trinajstić information content (AvgIpc) is 3.05. The van der Waals surface area contributed by atoms with Crippen LogP contribution in [-0.4, -0.2) is 55.9 Å². The molecule has 0 spiro atoms. The van der Waals surface area contributed by atoms with E-state index >= 15 is 0 Å². The van der Waals surface area contributed by atoms with E-state index in [0.717, 1.165) is 61.4 Å². The van der Waals surface area contributed by atoms with E-state index in [1.807, 2.05) is 24.3 Å². The average molecular weight is 432 g/mol. The summed E-state index contributed by atoms with van der Waals surface area (Å²) in [6, 6.07) is 14.3. The van der Waals surface area contributed by atoms with Crippen LogP contribution in [0.15, 0.2) is 53.4 Å². The molecule has 154 valence electrons. The highest BCUT2D eigenvalue weighted by atomic mass is 35.5. The van der Waals surface area contributed by atoms with Crippen molar-refractivity contribution in [1.82, 2.24) is 14.8 Å². The summed E-state index contributed by atoms with van der Waals surface area (Å²) in [5.74, 6) is -0.0480. The first-order chi connectivity index (χ1) is 14.0. The van der Waals surface area contributed by atoms with Crippen molar-refractivity contribution in [3.8, 4) is 0 Å². The molecule has 1 aliphatic heterocycles. The summed E-state index contributed by atoms with van der Waals surface area (Å²) in [6.07, 6.45) is 0. The van der Waals surface area contributed by atoms with Crippen LogP contribution in [0.4, 0.5) is 0 Å². The molecule has 4 rings (SSSR count). The Morgan fingerprint density at radius 2 is 1.69 bits per heavy atom. The Kier molecular flexibility index (Phi) is 5.97. The molecule has 1 fully saturated rings. The minimum Gasteiger partial charge on any atom is -0.357 e. The highest BCUT2D eigenvalue weighted by Crippen LogP contribution is 2.29. The summed E-state index contributed by atoms with van der Waals surface area (Å²) in [4.78, 5) is 8.53. The van der Waals surface area contributed by atoms with Crippen molar-refractivity contribution in [2.45, 2.75) is 24.1 Å². The Labute approximate surface area is 177 Å². The third kappa shape index (κ3) is 4.51. The molecular weight excluding hydrogens is 406 g/mol. The molecule has 0 aliphatic carbocycles. The number of nitrogens with one attached hydrogen (secondary N) is 1. The van der Waals surface area contributed by atoms with Gasteiger partial charge in [-0.3, -0.25) is 4.90 Å². The molecule has 0 saturated carbocycles. The van der Waals surface area contributed by atoms with Crippen molar-refractivity contribution in [2.75, 3.05) is 32.7 Å². The van der Waals surface area contributed by atoms with Gasteiger partial charge in [0.25, 0.3) is 0 Å². The second-order valence-corrected chi connectivity index (χ2v) is 9.98. The van der Waals surface area contributed by atoms with E-state index in [2.05, 4.69) is 21.7 Å². The Morgan fingerprint density at radius 1 is 1.00 bits per heavy atom. The molecule has 0 bridgehead atoms. The normalized spacial score (nSPS) is 16.5. The zero-order valence-corrected chi connectivity index (χ0v) is 18.1. The smallest absolute Gasteiger partial charge is 0.183 e. The Balaban J connectivity index is 1.67. The van der Waals surface area contributed by atoms with E-state index in [-0.39, 0.29) is 5.75 Å². The Morgan fingerprint density at radius 3 is 2.38 bits per heavy atom. The lowest BCUT2D eigenvalue weighted by Gasteiger charge is -2.34. The van der Waals surface area contributed by atoms with Crippen LogP contribution < -0.4 is 0 Å². The topological polar surface area (TPSA) is 56.4 Å². The number of rotatable bonds is 6. The van der Waals surface area contributed by atoms with Crippen molar-refractivity contribution in [2.24, 2.45) is 0 Å². The first-order valence-corrected chi connectivity index (χ1v) is 12.0. The van der Waals surface area contributed by atoms with Gasteiger partial charge in [0.2, 0.25) is 0 Å². The number of benzene rings is 2. The molecule has 7 heteroatoms. The van der Waals surface area contributed by atoms with Crippen LogP contribution in [0.3, 0.4) is 0 Å². The number of piperazine rings is 1. The molecule has 0 radical (unpaired) electrons. The fourth-order valence-electron chi connectivity index (χ4n) is 3.97. The number of halogens is 1. The number of hydrogen-bond acceptors (Lipinski definition) is 4. The number of sulfone groups is 1. The van der Waals surface area contributed by atoms with Crippen LogP contribution in [0.1, 0.15) is 18.2 Å². The number of fused-ring (bicyclic) bond motifs is 1. The van der Waals surface area contributed by atoms with Crippen LogP contribution in [-0.2, 0) is 22.1 Å². The summed E-state index contributed by atoms with van der Waals surface area (Å²) in [5.41, 5.74) is 2.71. The Hall–Kier alpha value is -1.86. The summed E-state index contributed by atoms with van der Waals surface area (Å²) in [6.45, 7) is 8.00. The van der Waals surface area contributed by atoms with Crippen LogP contribution in [0.2, 0.25) is 5.02 Å². The Bertz CT molecular complexity index is 1090. The standard InChI is InChI=1S/C22H26ClN3O2S/c1-2-25-10-12-26(13-11-25)15-20-19-14-17(23)8-9-21(19)24-22(20)16-29(27,28)18-6-4-3-5-7-18/h3-9,14,24H,2,10-13,15-16H2,1H3. The summed E-state index contributed by atoms with van der Waals surface area (Å²) in [5, 5.41) is 1.67. The van der Waals surface area contributed by atoms with Crippen molar-refractivity contribution in [1.29, 1.82) is 0 Å². The van der Waals surface area contributed by atoms with Crippen LogP contribution in [0.25, 0.3) is 10.9 Å². The third-order valence-electron chi connectivity index (χ3n) is 5.69. The molecule has 0 atom stereocenters. The number of hydrogen-bond donors (Lipinski definition) is 1. The maximum atomic E-state index is 13.0. The van der Waals surface area contributed by atoms with Gasteiger partial charge in [0.1, 0.15) is 0 Å². The fourth-order valence-corrected chi connectivity index (χ4v) is 5.50. The third-order valence-corrected chi connectivity index (χ3v) is 7.58. The zero-order chi connectivity index (χ0) is 20.4. The molecule has 2 heterocycles. The van der Waals surface area contributed by atoms with Gasteiger partial charge in [0, 0.05) is 54.3 Å². The number of H-pyrrole nitrogens is 1. The van der Waals surface area contributed by atoms with Crippen LogP contribution >= 0.6 is 11.6 Å². The van der Waals surface area contributed by atoms with E-state index in [9.17, 15) is 8.42 Å². The first kappa shape index (κ1) is 20.4. The second kappa shape index (κ2) is 8.48. The van der Waals surface area contributed by atoms with E-state index in [1.165, 1.54) is 0 Å². The molecule has 1 N–H and O–H groups in total. The number of nitrogens with zero attached hydrogens (tertiary/aromatic N) is 2. The maximum absolute atomic E-state index is 13.0. The lowest BCUT2D eigenvalue weighted by molar-refractivity contribution is 0.132. The minimum atomic E-state index is -3.44. The molecule has 1 aromatic heterocycles. The maximum Gasteiger partial charge on any atom is 0.183 e. The van der Waals surface area contributed by atoms with Crippen molar-refractivity contribution in [3.05, 3.63) is 64.8 Å². The highest BCUT2D eigenvalue weighted by molar-refractivity contribution is 7.90. The van der Waals surface area contributed by atoms with Crippen LogP contribution in [0, 0.1) is 0 Å². The van der Waals surface area contributed by atoms with E-state index in [1.54, 1.807) is 24.3 Å². The van der Waals surface area contributed by atoms with Gasteiger partial charge in [-0.25, -0.2) is 8.42 Å². The van der Waals surface area contributed by atoms with Gasteiger partial charge in [-0.2, -0.15) is 0 Å². The largest absolute Gasteiger partial charge is 0.357 e. The summed E-state index contributed by atoms with van der Waals surface area (Å²) in [7, 11) is -3.44. The monoisotopic (exact) mass is 431 g/mol. The van der Waals surface area contributed by atoms with Crippen LogP contribution in [0.5, 0.6) is 0 Å². The number of aromatic amines is 1. The molecule has 29 heavy (non-hydrogen) atoms. The van der Waals surface area contributed by atoms with Gasteiger partial charge in [-0.1, -0.05) is 36.7 Å². The minimum absolute atomic E-state index is 0.0480. The molecule has 5 nitrogen and oxygen atoms in total. The van der Waals surface area contributed by atoms with Gasteiger partial charge in [-0.15, -0.1) is 0 Å². The lowest BCUT2D eigenvalue weighted by atomic mass is 10.1. The zero-order valence-electron chi connectivity index (χ0n) is 16.6. The molecular formula is C22H26ClN3O2S. The van der Waals surface area contributed by atoms with Gasteiger partial charge in [0.05, 0.1) is 10.6 Å². The van der Waals surface area contributed by atoms with Crippen molar-refractivity contribution >= 4 is 32.3 Å². The SMILES string of the molecule is CCN1CCN(Cc2c(CS(=O)(=O)c3ccccc3)[nH]c3ccc(Cl)cc23)CC1. The molecule has 2 aromatic carbocycles. The second-order valence-electron chi connectivity index (χ2n) is 7.55. The number of likely N-dealkylation sites (N-methyl/N-ethyl adjacent to an activating group) is 1. The van der Waals surface area contributed by atoms with Gasteiger partial charge in [-0.05, 0) is 42.4 Å². The predicted molar refractivity (Wildman–Crippen MR) is 118 cm³/mol. The molecule has 3 aromatic rings. The van der Waals surface area contributed by atoms with Gasteiger partial charge < -0.3 is 9.88 Å². The van der Waals surface area contributed by atoms with Gasteiger partial charge in [0.15, 0.2) is 9.84 Å². The van der Waals surface area contributed by atoms with Crippen molar-refractivity contribution in [3.63, 3.8) is 0 Å². The fraction of sp³-hybridized carbons (Fsp3) is 0.364. The number of aromatic nitrogens is 1. The highest BCUT2D eigenvalue weighted by Gasteiger charge is 2.23. The molecule has 0 amide bonds. The first-order valence-electron chi connectivity index (χ1n) is 9.98. The summed E-state index contributed by atoms with van der Waals surface area (Å²) >= 11 is 6.26. The molecule has 1 saturated heterocycles. The lowest BCUT2D eigenvalue weighted by Crippen LogP contribution is -2.45. The quantitative estimate of drug-likeness (QED) is 0.642. The molecule has 1 aliphatic rings. The van der Waals surface area contributed by atoms with E-state index in [0.29, 0.717) is 9.92 Å². The predicted octanol–water partition coefficient (Wildman–Crippen LogP) is 3.93. The van der Waals surface area contributed by atoms with Crippen molar-refractivity contribution < 1.29 is 8.42 Å². The van der Waals surface area contributed by atoms with E-state index < -0.39 is 9.84 Å². The van der Waals surface area contributed by atoms with E-state index in [4.69, 9.17) is 11.6 Å². The molecule has 0 unspecified atom stereocenters. The summed E-state index contributed by atoms with van der Waals surface area (Å²) < 4.78 is 26.0.